The summed E-state index contributed by atoms with van der Waals surface area (Å²) in [5.74, 6) is 0.0248. The molecule has 0 radical (unpaired) electrons. The van der Waals surface area contributed by atoms with Crippen LogP contribution in [0.15, 0.2) is 54.9 Å². The first-order valence-corrected chi connectivity index (χ1v) is 11.5. The SMILES string of the molecule is CN1CCN(C(=O)c2ccc3c(c2)N(c2ncc(-c4ccccc4F)cn2)CC32CC2)CC1=O. The lowest BCUT2D eigenvalue weighted by atomic mass is 9.97. The minimum Gasteiger partial charge on any atom is -0.342 e. The first-order chi connectivity index (χ1) is 16.4. The van der Waals surface area contributed by atoms with E-state index in [9.17, 15) is 14.0 Å². The molecule has 3 aliphatic rings. The van der Waals surface area contributed by atoms with Gasteiger partial charge >= 0.3 is 0 Å². The minimum atomic E-state index is -0.312. The van der Waals surface area contributed by atoms with Crippen LogP contribution in [0.1, 0.15) is 28.8 Å². The molecule has 2 fully saturated rings. The van der Waals surface area contributed by atoms with Crippen molar-refractivity contribution in [1.82, 2.24) is 19.8 Å². The van der Waals surface area contributed by atoms with Crippen LogP contribution in [-0.4, -0.2) is 64.8 Å². The summed E-state index contributed by atoms with van der Waals surface area (Å²) in [6, 6.07) is 12.4. The van der Waals surface area contributed by atoms with Crippen LogP contribution in [0.3, 0.4) is 0 Å². The first kappa shape index (κ1) is 20.8. The van der Waals surface area contributed by atoms with Crippen LogP contribution in [0.5, 0.6) is 0 Å². The van der Waals surface area contributed by atoms with E-state index >= 15 is 0 Å². The molecule has 34 heavy (non-hydrogen) atoms. The molecule has 6 rings (SSSR count). The number of hydrogen-bond acceptors (Lipinski definition) is 5. The lowest BCUT2D eigenvalue weighted by molar-refractivity contribution is -0.133. The maximum absolute atomic E-state index is 14.2. The van der Waals surface area contributed by atoms with Crippen LogP contribution in [0, 0.1) is 5.82 Å². The van der Waals surface area contributed by atoms with Crippen LogP contribution < -0.4 is 4.90 Å². The Bertz CT molecular complexity index is 1300. The number of nitrogens with zero attached hydrogens (tertiary/aromatic N) is 5. The van der Waals surface area contributed by atoms with Crippen molar-refractivity contribution in [3.63, 3.8) is 0 Å². The number of hydrogen-bond donors (Lipinski definition) is 0. The van der Waals surface area contributed by atoms with Crippen molar-refractivity contribution in [1.29, 1.82) is 0 Å². The van der Waals surface area contributed by atoms with E-state index in [1.807, 2.05) is 18.2 Å². The molecule has 1 aromatic heterocycles. The topological polar surface area (TPSA) is 69.6 Å². The molecule has 0 atom stereocenters. The van der Waals surface area contributed by atoms with Gasteiger partial charge in [0, 0.05) is 66.9 Å². The van der Waals surface area contributed by atoms with Gasteiger partial charge in [0.1, 0.15) is 12.4 Å². The summed E-state index contributed by atoms with van der Waals surface area (Å²) >= 11 is 0. The van der Waals surface area contributed by atoms with Gasteiger partial charge in [0.25, 0.3) is 5.91 Å². The van der Waals surface area contributed by atoms with Gasteiger partial charge in [-0.15, -0.1) is 0 Å². The van der Waals surface area contributed by atoms with E-state index in [1.54, 1.807) is 47.4 Å². The third-order valence-electron chi connectivity index (χ3n) is 7.23. The number of carbonyl (C=O) groups is 2. The number of piperazine rings is 1. The van der Waals surface area contributed by atoms with Gasteiger partial charge in [-0.3, -0.25) is 9.59 Å². The summed E-state index contributed by atoms with van der Waals surface area (Å²) in [7, 11) is 1.75. The van der Waals surface area contributed by atoms with E-state index in [1.165, 1.54) is 11.6 Å². The highest BCUT2D eigenvalue weighted by Gasteiger charge is 2.52. The number of carbonyl (C=O) groups excluding carboxylic acids is 2. The third kappa shape index (κ3) is 3.32. The number of likely N-dealkylation sites (N-methyl/N-ethyl adjacent to an activating group) is 1. The van der Waals surface area contributed by atoms with Crippen LogP contribution in [0.4, 0.5) is 16.0 Å². The molecule has 1 saturated carbocycles. The molecule has 2 amide bonds. The molecule has 0 unspecified atom stereocenters. The molecule has 0 N–H and O–H groups in total. The summed E-state index contributed by atoms with van der Waals surface area (Å²) in [6.45, 7) is 1.91. The quantitative estimate of drug-likeness (QED) is 0.603. The van der Waals surface area contributed by atoms with Gasteiger partial charge < -0.3 is 14.7 Å². The molecule has 1 spiro atoms. The highest BCUT2D eigenvalue weighted by molar-refractivity contribution is 5.98. The molecule has 7 nitrogen and oxygen atoms in total. The summed E-state index contributed by atoms with van der Waals surface area (Å²) in [4.78, 5) is 39.7. The predicted octanol–water partition coefficient (Wildman–Crippen LogP) is 3.38. The highest BCUT2D eigenvalue weighted by Crippen LogP contribution is 2.57. The number of amides is 2. The van der Waals surface area contributed by atoms with E-state index in [0.29, 0.717) is 35.7 Å². The normalized spacial score (nSPS) is 18.4. The van der Waals surface area contributed by atoms with Gasteiger partial charge in [0.05, 0.1) is 0 Å². The zero-order valence-corrected chi connectivity index (χ0v) is 18.9. The second-order valence-corrected chi connectivity index (χ2v) is 9.39. The largest absolute Gasteiger partial charge is 0.342 e. The van der Waals surface area contributed by atoms with E-state index in [0.717, 1.165) is 25.1 Å². The van der Waals surface area contributed by atoms with Crippen LogP contribution in [0.25, 0.3) is 11.1 Å². The minimum absolute atomic E-state index is 0.0531. The summed E-state index contributed by atoms with van der Waals surface area (Å²) in [5.41, 5.74) is 3.86. The second-order valence-electron chi connectivity index (χ2n) is 9.39. The van der Waals surface area contributed by atoms with Gasteiger partial charge in [-0.2, -0.15) is 0 Å². The van der Waals surface area contributed by atoms with Crippen molar-refractivity contribution >= 4 is 23.5 Å². The van der Waals surface area contributed by atoms with Crippen molar-refractivity contribution in [2.24, 2.45) is 0 Å². The van der Waals surface area contributed by atoms with Crippen LogP contribution in [-0.2, 0) is 10.2 Å². The molecule has 1 aliphatic carbocycles. The molecule has 172 valence electrons. The smallest absolute Gasteiger partial charge is 0.254 e. The number of fused-ring (bicyclic) bond motifs is 2. The Morgan fingerprint density at radius 2 is 1.82 bits per heavy atom. The number of benzene rings is 2. The second kappa shape index (κ2) is 7.62. The Morgan fingerprint density at radius 1 is 1.06 bits per heavy atom. The zero-order valence-electron chi connectivity index (χ0n) is 18.9. The number of aromatic nitrogens is 2. The molecular weight excluding hydrogens is 433 g/mol. The number of rotatable bonds is 3. The summed E-state index contributed by atoms with van der Waals surface area (Å²) < 4.78 is 14.2. The molecule has 3 aromatic rings. The van der Waals surface area contributed by atoms with Gasteiger partial charge in [-0.25, -0.2) is 14.4 Å². The number of anilines is 2. The van der Waals surface area contributed by atoms with E-state index in [4.69, 9.17) is 0 Å². The Kier molecular flexibility index (Phi) is 4.65. The first-order valence-electron chi connectivity index (χ1n) is 11.5. The predicted molar refractivity (Wildman–Crippen MR) is 125 cm³/mol. The molecule has 2 aliphatic heterocycles. The van der Waals surface area contributed by atoms with E-state index in [2.05, 4.69) is 14.9 Å². The highest BCUT2D eigenvalue weighted by atomic mass is 19.1. The fourth-order valence-electron chi connectivity index (χ4n) is 4.98. The Labute approximate surface area is 196 Å². The van der Waals surface area contributed by atoms with Crippen molar-refractivity contribution in [2.75, 3.05) is 38.1 Å². The van der Waals surface area contributed by atoms with E-state index in [-0.39, 0.29) is 29.6 Å². The Balaban J connectivity index is 1.31. The lowest BCUT2D eigenvalue weighted by Crippen LogP contribution is -2.50. The monoisotopic (exact) mass is 457 g/mol. The fraction of sp³-hybridized carbons (Fsp3) is 0.308. The lowest BCUT2D eigenvalue weighted by Gasteiger charge is -2.32. The van der Waals surface area contributed by atoms with Crippen LogP contribution >= 0.6 is 0 Å². The average molecular weight is 458 g/mol. The Morgan fingerprint density at radius 3 is 2.53 bits per heavy atom. The molecule has 8 heteroatoms. The van der Waals surface area contributed by atoms with Crippen molar-refractivity contribution < 1.29 is 14.0 Å². The third-order valence-corrected chi connectivity index (χ3v) is 7.23. The average Bonchev–Trinajstić information content (AvgIpc) is 3.57. The zero-order chi connectivity index (χ0) is 23.4. The van der Waals surface area contributed by atoms with Gasteiger partial charge in [0.2, 0.25) is 11.9 Å². The van der Waals surface area contributed by atoms with Gasteiger partial charge in [-0.05, 0) is 36.6 Å². The van der Waals surface area contributed by atoms with Crippen molar-refractivity contribution in [3.8, 4) is 11.1 Å². The van der Waals surface area contributed by atoms with Crippen molar-refractivity contribution in [2.45, 2.75) is 18.3 Å². The van der Waals surface area contributed by atoms with E-state index < -0.39 is 0 Å². The number of halogens is 1. The maximum Gasteiger partial charge on any atom is 0.254 e. The standard InChI is InChI=1S/C26H24FN5O2/c1-30-10-11-31(15-23(30)33)24(34)17-6-7-20-22(12-17)32(16-26(20)8-9-26)25-28-13-18(14-29-25)19-4-2-3-5-21(19)27/h2-7,12-14H,8-11,15-16H2,1H3. The molecule has 3 heterocycles. The molecule has 2 aromatic carbocycles. The van der Waals surface area contributed by atoms with Gasteiger partial charge in [-0.1, -0.05) is 24.3 Å². The van der Waals surface area contributed by atoms with Gasteiger partial charge in [0.15, 0.2) is 0 Å². The molecular formula is C26H24FN5O2. The molecule has 1 saturated heterocycles. The molecule has 0 bridgehead atoms. The summed E-state index contributed by atoms with van der Waals surface area (Å²) in [5, 5.41) is 0. The van der Waals surface area contributed by atoms with Crippen molar-refractivity contribution in [3.05, 3.63) is 71.8 Å². The summed E-state index contributed by atoms with van der Waals surface area (Å²) in [6.07, 6.45) is 5.46. The van der Waals surface area contributed by atoms with Crippen LogP contribution in [0.2, 0.25) is 0 Å². The Hall–Kier alpha value is -3.81. The fourth-order valence-corrected chi connectivity index (χ4v) is 4.98. The maximum atomic E-state index is 14.2.